The molecule has 0 saturated heterocycles. The molecule has 0 radical (unpaired) electrons. The molecule has 0 amide bonds. The van der Waals surface area contributed by atoms with E-state index in [0.29, 0.717) is 26.3 Å². The first-order chi connectivity index (χ1) is 6.83. The van der Waals surface area contributed by atoms with E-state index in [9.17, 15) is 0 Å². The number of hydrogen-bond acceptors (Lipinski definition) is 4. The maximum absolute atomic E-state index is 5.79. The van der Waals surface area contributed by atoms with Crippen LogP contribution in [0.25, 0.3) is 0 Å². The third kappa shape index (κ3) is 7.73. The molecular formula is C11H26N2O2. The molecule has 0 rings (SSSR count). The number of nitrogens with two attached hydrogens (primary N) is 2. The van der Waals surface area contributed by atoms with Crippen molar-refractivity contribution in [3.63, 3.8) is 0 Å². The van der Waals surface area contributed by atoms with Crippen molar-refractivity contribution in [2.24, 2.45) is 11.5 Å². The number of hydrogen-bond donors (Lipinski definition) is 2. The fourth-order valence-electron chi connectivity index (χ4n) is 1.17. The average Bonchev–Trinajstić information content (AvgIpc) is 2.12. The first kappa shape index (κ1) is 14.8. The van der Waals surface area contributed by atoms with Crippen LogP contribution in [0, 0.1) is 0 Å². The highest BCUT2D eigenvalue weighted by Crippen LogP contribution is 2.18. The maximum atomic E-state index is 5.79. The fraction of sp³-hybridized carbons (Fsp3) is 1.00. The highest BCUT2D eigenvalue weighted by molar-refractivity contribution is 4.74. The third-order valence-corrected chi connectivity index (χ3v) is 2.17. The minimum absolute atomic E-state index is 0.182. The Bertz CT molecular complexity index is 170. The zero-order valence-corrected chi connectivity index (χ0v) is 10.5. The van der Waals surface area contributed by atoms with E-state index in [1.807, 2.05) is 27.7 Å². The molecule has 0 unspecified atom stereocenters. The minimum atomic E-state index is -0.286. The summed E-state index contributed by atoms with van der Waals surface area (Å²) in [5.41, 5.74) is 10.4. The van der Waals surface area contributed by atoms with Gasteiger partial charge in [0.2, 0.25) is 0 Å². The quantitative estimate of drug-likeness (QED) is 0.634. The van der Waals surface area contributed by atoms with Crippen molar-refractivity contribution in [2.45, 2.75) is 45.3 Å². The van der Waals surface area contributed by atoms with Gasteiger partial charge in [0.1, 0.15) is 0 Å². The zero-order chi connectivity index (χ0) is 11.9. The first-order valence-electron chi connectivity index (χ1n) is 5.51. The Labute approximate surface area is 93.3 Å². The van der Waals surface area contributed by atoms with E-state index in [2.05, 4.69) is 0 Å². The molecule has 0 bridgehead atoms. The molecule has 0 aromatic rings. The predicted octanol–water partition coefficient (Wildman–Crippen LogP) is 0.884. The normalized spacial score (nSPS) is 13.2. The Kier molecular flexibility index (Phi) is 6.36. The summed E-state index contributed by atoms with van der Waals surface area (Å²) in [6.45, 7) is 10.4. The number of ether oxygens (including phenoxy) is 2. The second kappa shape index (κ2) is 6.43. The van der Waals surface area contributed by atoms with Crippen LogP contribution in [0.5, 0.6) is 0 Å². The Hall–Kier alpha value is -0.160. The molecule has 0 atom stereocenters. The van der Waals surface area contributed by atoms with Gasteiger partial charge < -0.3 is 20.9 Å². The highest BCUT2D eigenvalue weighted by Gasteiger charge is 2.24. The van der Waals surface area contributed by atoms with Gasteiger partial charge in [0.05, 0.1) is 24.4 Å². The van der Waals surface area contributed by atoms with Gasteiger partial charge in [-0.2, -0.15) is 0 Å². The summed E-state index contributed by atoms with van der Waals surface area (Å²) >= 11 is 0. The lowest BCUT2D eigenvalue weighted by atomic mass is 10.0. The largest absolute Gasteiger partial charge is 0.373 e. The van der Waals surface area contributed by atoms with Crippen LogP contribution in [0.4, 0.5) is 0 Å². The predicted molar refractivity (Wildman–Crippen MR) is 62.8 cm³/mol. The molecule has 0 aliphatic rings. The molecule has 4 nitrogen and oxygen atoms in total. The lowest BCUT2D eigenvalue weighted by Crippen LogP contribution is -2.38. The van der Waals surface area contributed by atoms with Crippen molar-refractivity contribution in [2.75, 3.05) is 26.3 Å². The molecule has 4 N–H and O–H groups in total. The monoisotopic (exact) mass is 218 g/mol. The zero-order valence-electron chi connectivity index (χ0n) is 10.5. The second-order valence-electron chi connectivity index (χ2n) is 4.98. The van der Waals surface area contributed by atoms with Gasteiger partial charge in [-0.15, -0.1) is 0 Å². The molecule has 0 fully saturated rings. The molecule has 0 aromatic carbocycles. The van der Waals surface area contributed by atoms with Crippen molar-refractivity contribution >= 4 is 0 Å². The molecule has 4 heteroatoms. The Balaban J connectivity index is 3.90. The third-order valence-electron chi connectivity index (χ3n) is 2.17. The van der Waals surface area contributed by atoms with Gasteiger partial charge in [-0.1, -0.05) is 0 Å². The van der Waals surface area contributed by atoms with Gasteiger partial charge >= 0.3 is 0 Å². The fourth-order valence-corrected chi connectivity index (χ4v) is 1.17. The van der Waals surface area contributed by atoms with E-state index >= 15 is 0 Å². The van der Waals surface area contributed by atoms with Crippen LogP contribution in [0.3, 0.4) is 0 Å². The summed E-state index contributed by atoms with van der Waals surface area (Å²) in [6.07, 6.45) is 0.847. The van der Waals surface area contributed by atoms with E-state index in [1.165, 1.54) is 0 Å². The van der Waals surface area contributed by atoms with E-state index in [-0.39, 0.29) is 11.2 Å². The van der Waals surface area contributed by atoms with Crippen LogP contribution in [0.2, 0.25) is 0 Å². The van der Waals surface area contributed by atoms with Gasteiger partial charge in [0.25, 0.3) is 0 Å². The standard InChI is InChI=1S/C11H26N2O2/c1-10(2,5-6-12)15-9-11(3,4)14-8-7-13/h5-9,12-13H2,1-4H3. The summed E-state index contributed by atoms with van der Waals surface area (Å²) in [5, 5.41) is 0. The summed E-state index contributed by atoms with van der Waals surface area (Å²) < 4.78 is 11.4. The summed E-state index contributed by atoms with van der Waals surface area (Å²) in [4.78, 5) is 0. The van der Waals surface area contributed by atoms with Gasteiger partial charge in [-0.25, -0.2) is 0 Å². The smallest absolute Gasteiger partial charge is 0.0859 e. The van der Waals surface area contributed by atoms with Gasteiger partial charge in [-0.3, -0.25) is 0 Å². The summed E-state index contributed by atoms with van der Waals surface area (Å²) in [6, 6.07) is 0. The molecule has 15 heavy (non-hydrogen) atoms. The highest BCUT2D eigenvalue weighted by atomic mass is 16.6. The molecule has 0 heterocycles. The van der Waals surface area contributed by atoms with Gasteiger partial charge in [0, 0.05) is 6.54 Å². The SMILES string of the molecule is CC(C)(CCN)OCC(C)(C)OCCN. The molecule has 0 aliphatic carbocycles. The summed E-state index contributed by atoms with van der Waals surface area (Å²) in [5.74, 6) is 0. The van der Waals surface area contributed by atoms with E-state index < -0.39 is 0 Å². The topological polar surface area (TPSA) is 70.5 Å². The van der Waals surface area contributed by atoms with Gasteiger partial charge in [-0.05, 0) is 40.7 Å². The van der Waals surface area contributed by atoms with Crippen molar-refractivity contribution in [3.8, 4) is 0 Å². The maximum Gasteiger partial charge on any atom is 0.0859 e. The molecule has 0 spiro atoms. The molecule has 0 aromatic heterocycles. The lowest BCUT2D eigenvalue weighted by molar-refractivity contribution is -0.119. The van der Waals surface area contributed by atoms with Crippen LogP contribution in [-0.2, 0) is 9.47 Å². The van der Waals surface area contributed by atoms with Crippen LogP contribution in [-0.4, -0.2) is 37.5 Å². The summed E-state index contributed by atoms with van der Waals surface area (Å²) in [7, 11) is 0. The van der Waals surface area contributed by atoms with Crippen molar-refractivity contribution in [1.82, 2.24) is 0 Å². The van der Waals surface area contributed by atoms with Crippen LogP contribution in [0.1, 0.15) is 34.1 Å². The number of rotatable bonds is 8. The van der Waals surface area contributed by atoms with Crippen LogP contribution < -0.4 is 11.5 Å². The van der Waals surface area contributed by atoms with Crippen molar-refractivity contribution in [1.29, 1.82) is 0 Å². The van der Waals surface area contributed by atoms with Crippen molar-refractivity contribution < 1.29 is 9.47 Å². The van der Waals surface area contributed by atoms with E-state index in [0.717, 1.165) is 6.42 Å². The molecular weight excluding hydrogens is 192 g/mol. The Morgan fingerprint density at radius 1 is 0.867 bits per heavy atom. The molecule has 92 valence electrons. The molecule has 0 saturated carbocycles. The average molecular weight is 218 g/mol. The van der Waals surface area contributed by atoms with E-state index in [4.69, 9.17) is 20.9 Å². The Morgan fingerprint density at radius 3 is 1.93 bits per heavy atom. The van der Waals surface area contributed by atoms with Crippen molar-refractivity contribution in [3.05, 3.63) is 0 Å². The van der Waals surface area contributed by atoms with Gasteiger partial charge in [0.15, 0.2) is 0 Å². The minimum Gasteiger partial charge on any atom is -0.373 e. The van der Waals surface area contributed by atoms with Crippen LogP contribution in [0.15, 0.2) is 0 Å². The first-order valence-corrected chi connectivity index (χ1v) is 5.51. The molecule has 0 aliphatic heterocycles. The Morgan fingerprint density at radius 2 is 1.47 bits per heavy atom. The van der Waals surface area contributed by atoms with Crippen LogP contribution >= 0.6 is 0 Å². The van der Waals surface area contributed by atoms with E-state index in [1.54, 1.807) is 0 Å². The second-order valence-corrected chi connectivity index (χ2v) is 4.98. The lowest BCUT2D eigenvalue weighted by Gasteiger charge is -2.31.